The van der Waals surface area contributed by atoms with Gasteiger partial charge in [0.05, 0.1) is 24.3 Å². The zero-order valence-electron chi connectivity index (χ0n) is 18.9. The second-order valence-corrected chi connectivity index (χ2v) is 8.41. The molecule has 0 aliphatic carbocycles. The Labute approximate surface area is 205 Å². The molecule has 9 heteroatoms. The summed E-state index contributed by atoms with van der Waals surface area (Å²) >= 11 is 6.34. The predicted octanol–water partition coefficient (Wildman–Crippen LogP) is 6.46. The van der Waals surface area contributed by atoms with E-state index in [1.165, 1.54) is 13.2 Å². The summed E-state index contributed by atoms with van der Waals surface area (Å²) in [6.07, 6.45) is -2.28. The van der Waals surface area contributed by atoms with Crippen LogP contribution in [0.3, 0.4) is 0 Å². The minimum absolute atomic E-state index is 0.127. The summed E-state index contributed by atoms with van der Waals surface area (Å²) in [5.41, 5.74) is 1.25. The largest absolute Gasteiger partial charge is 0.496 e. The molecule has 0 radical (unpaired) electrons. The summed E-state index contributed by atoms with van der Waals surface area (Å²) in [4.78, 5) is 12.5. The van der Waals surface area contributed by atoms with Crippen LogP contribution in [0.5, 0.6) is 23.0 Å². The van der Waals surface area contributed by atoms with Gasteiger partial charge in [-0.3, -0.25) is 4.79 Å². The monoisotopic (exact) mass is 505 g/mol. The molecule has 1 N–H and O–H groups in total. The lowest BCUT2D eigenvalue weighted by molar-refractivity contribution is -0.137. The van der Waals surface area contributed by atoms with Crippen LogP contribution < -0.4 is 19.5 Å². The maximum Gasteiger partial charge on any atom is 0.416 e. The number of halogens is 4. The lowest BCUT2D eigenvalue weighted by Crippen LogP contribution is -2.25. The van der Waals surface area contributed by atoms with E-state index in [0.717, 1.165) is 36.3 Å². The molecule has 0 unspecified atom stereocenters. The molecule has 5 nitrogen and oxygen atoms in total. The van der Waals surface area contributed by atoms with Gasteiger partial charge < -0.3 is 19.5 Å². The van der Waals surface area contributed by atoms with Crippen molar-refractivity contribution in [2.75, 3.05) is 20.3 Å². The molecule has 3 aromatic rings. The third kappa shape index (κ3) is 6.00. The molecule has 0 bridgehead atoms. The van der Waals surface area contributed by atoms with E-state index in [-0.39, 0.29) is 18.2 Å². The van der Waals surface area contributed by atoms with E-state index in [2.05, 4.69) is 5.32 Å². The van der Waals surface area contributed by atoms with Gasteiger partial charge in [0.2, 0.25) is 0 Å². The van der Waals surface area contributed by atoms with Crippen molar-refractivity contribution in [1.82, 2.24) is 5.32 Å². The summed E-state index contributed by atoms with van der Waals surface area (Å²) in [6, 6.07) is 13.5. The van der Waals surface area contributed by atoms with E-state index >= 15 is 0 Å². The van der Waals surface area contributed by atoms with Gasteiger partial charge in [0.15, 0.2) is 0 Å². The first kappa shape index (κ1) is 24.7. The van der Waals surface area contributed by atoms with Crippen molar-refractivity contribution in [2.45, 2.75) is 25.4 Å². The van der Waals surface area contributed by atoms with E-state index in [1.807, 2.05) is 6.07 Å². The first-order valence-corrected chi connectivity index (χ1v) is 11.4. The van der Waals surface area contributed by atoms with Gasteiger partial charge in [-0.25, -0.2) is 0 Å². The van der Waals surface area contributed by atoms with Crippen molar-refractivity contribution in [1.29, 1.82) is 0 Å². The number of aryl methyl sites for hydroxylation is 1. The van der Waals surface area contributed by atoms with Gasteiger partial charge >= 0.3 is 6.18 Å². The molecule has 4 rings (SSSR count). The van der Waals surface area contributed by atoms with Gasteiger partial charge in [0, 0.05) is 18.2 Å². The second kappa shape index (κ2) is 10.5. The molecule has 0 spiro atoms. The van der Waals surface area contributed by atoms with Gasteiger partial charge in [-0.05, 0) is 72.9 Å². The molecule has 0 fully saturated rings. The number of rotatable bonds is 7. The Morgan fingerprint density at radius 1 is 1.09 bits per heavy atom. The van der Waals surface area contributed by atoms with Crippen LogP contribution in [0.1, 0.15) is 33.5 Å². The Hall–Kier alpha value is -3.39. The summed E-state index contributed by atoms with van der Waals surface area (Å²) in [6.45, 7) is 0.882. The molecule has 35 heavy (non-hydrogen) atoms. The molecule has 0 atom stereocenters. The molecule has 1 amide bonds. The molecule has 3 aromatic carbocycles. The van der Waals surface area contributed by atoms with E-state index in [4.69, 9.17) is 25.8 Å². The molecular formula is C26H23ClF3NO4. The molecule has 1 aliphatic rings. The fraction of sp³-hybridized carbons (Fsp3) is 0.269. The zero-order valence-corrected chi connectivity index (χ0v) is 19.6. The number of carbonyl (C=O) groups is 1. The number of fused-ring (bicyclic) bond motifs is 1. The van der Waals surface area contributed by atoms with Crippen LogP contribution in [0.25, 0.3) is 0 Å². The minimum atomic E-state index is -4.45. The molecular weight excluding hydrogens is 483 g/mol. The number of alkyl halides is 3. The van der Waals surface area contributed by atoms with Crippen molar-refractivity contribution < 1.29 is 32.2 Å². The van der Waals surface area contributed by atoms with Crippen LogP contribution in [-0.2, 0) is 19.0 Å². The lowest BCUT2D eigenvalue weighted by atomic mass is 10.1. The van der Waals surface area contributed by atoms with Crippen LogP contribution >= 0.6 is 11.6 Å². The zero-order chi connectivity index (χ0) is 25.0. The number of nitrogens with one attached hydrogen (secondary N) is 1. The van der Waals surface area contributed by atoms with E-state index in [0.29, 0.717) is 40.7 Å². The van der Waals surface area contributed by atoms with E-state index < -0.39 is 11.7 Å². The average molecular weight is 506 g/mol. The Balaban J connectivity index is 1.34. The highest BCUT2D eigenvalue weighted by Crippen LogP contribution is 2.38. The van der Waals surface area contributed by atoms with Crippen molar-refractivity contribution in [3.8, 4) is 23.0 Å². The fourth-order valence-electron chi connectivity index (χ4n) is 3.77. The number of benzene rings is 3. The Morgan fingerprint density at radius 2 is 1.86 bits per heavy atom. The number of amides is 1. The third-order valence-electron chi connectivity index (χ3n) is 5.60. The van der Waals surface area contributed by atoms with Crippen molar-refractivity contribution in [3.05, 3.63) is 81.9 Å². The average Bonchev–Trinajstić information content (AvgIpc) is 2.84. The highest BCUT2D eigenvalue weighted by molar-refractivity contribution is 6.32. The molecule has 0 saturated heterocycles. The quantitative estimate of drug-likeness (QED) is 0.400. The van der Waals surface area contributed by atoms with Crippen molar-refractivity contribution in [3.63, 3.8) is 0 Å². The smallest absolute Gasteiger partial charge is 0.416 e. The molecule has 0 aromatic heterocycles. The number of hydrogen-bond acceptors (Lipinski definition) is 4. The molecule has 1 heterocycles. The first-order chi connectivity index (χ1) is 16.7. The summed E-state index contributed by atoms with van der Waals surface area (Å²) in [7, 11) is 1.31. The second-order valence-electron chi connectivity index (χ2n) is 8.00. The van der Waals surface area contributed by atoms with Crippen molar-refractivity contribution >= 4 is 17.5 Å². The Kier molecular flexibility index (Phi) is 7.40. The number of carbonyl (C=O) groups excluding carboxylic acids is 1. The summed E-state index contributed by atoms with van der Waals surface area (Å²) < 4.78 is 55.3. The van der Waals surface area contributed by atoms with Gasteiger partial charge in [-0.1, -0.05) is 17.7 Å². The fourth-order valence-corrected chi connectivity index (χ4v) is 3.99. The normalized spacial score (nSPS) is 12.9. The maximum atomic E-state index is 12.9. The van der Waals surface area contributed by atoms with Gasteiger partial charge in [-0.2, -0.15) is 13.2 Å². The Bertz CT molecular complexity index is 1210. The predicted molar refractivity (Wildman–Crippen MR) is 126 cm³/mol. The Morgan fingerprint density at radius 3 is 2.57 bits per heavy atom. The lowest BCUT2D eigenvalue weighted by Gasteiger charge is -2.19. The van der Waals surface area contributed by atoms with Crippen LogP contribution in [-0.4, -0.2) is 26.2 Å². The highest BCUT2D eigenvalue weighted by atomic mass is 35.5. The minimum Gasteiger partial charge on any atom is -0.496 e. The van der Waals surface area contributed by atoms with Gasteiger partial charge in [-0.15, -0.1) is 0 Å². The molecule has 1 aliphatic heterocycles. The van der Waals surface area contributed by atoms with Crippen LogP contribution in [0, 0.1) is 0 Å². The number of ether oxygens (including phenoxy) is 3. The van der Waals surface area contributed by atoms with Crippen LogP contribution in [0.2, 0.25) is 5.02 Å². The van der Waals surface area contributed by atoms with E-state index in [1.54, 1.807) is 30.3 Å². The summed E-state index contributed by atoms with van der Waals surface area (Å²) in [5.74, 6) is 1.55. The van der Waals surface area contributed by atoms with Crippen molar-refractivity contribution in [2.24, 2.45) is 0 Å². The highest BCUT2D eigenvalue weighted by Gasteiger charge is 2.31. The van der Waals surface area contributed by atoms with Gasteiger partial charge in [0.25, 0.3) is 5.91 Å². The standard InChI is InChI=1S/C26H23ClF3NO4/c1-33-22-14-19(26(28,29)30)7-4-16(22)10-11-31-25(32)17-5-8-20(9-6-17)35-24-15-23-18(13-21(24)27)3-2-12-34-23/h4-9,13-15H,2-3,10-12H2,1H3,(H,31,32). The number of methoxy groups -OCH3 is 1. The summed E-state index contributed by atoms with van der Waals surface area (Å²) in [5, 5.41) is 3.24. The number of hydrogen-bond donors (Lipinski definition) is 1. The third-order valence-corrected chi connectivity index (χ3v) is 5.90. The van der Waals surface area contributed by atoms with Gasteiger partial charge in [0.1, 0.15) is 23.0 Å². The topological polar surface area (TPSA) is 56.8 Å². The molecule has 184 valence electrons. The van der Waals surface area contributed by atoms with Crippen LogP contribution in [0.15, 0.2) is 54.6 Å². The van der Waals surface area contributed by atoms with E-state index in [9.17, 15) is 18.0 Å². The first-order valence-electron chi connectivity index (χ1n) is 11.0. The molecule has 0 saturated carbocycles. The van der Waals surface area contributed by atoms with Crippen LogP contribution in [0.4, 0.5) is 13.2 Å². The maximum absolute atomic E-state index is 12.9. The SMILES string of the molecule is COc1cc(C(F)(F)F)ccc1CCNC(=O)c1ccc(Oc2cc3c(cc2Cl)CCCO3)cc1.